The van der Waals surface area contributed by atoms with Gasteiger partial charge in [-0.15, -0.1) is 35.3 Å². The van der Waals surface area contributed by atoms with E-state index in [4.69, 9.17) is 14.2 Å². The van der Waals surface area contributed by atoms with Gasteiger partial charge in [0.2, 0.25) is 0 Å². The molecule has 0 N–H and O–H groups in total. The molecule has 1 aromatic rings. The number of hydrogen-bond donors (Lipinski definition) is 0. The summed E-state index contributed by atoms with van der Waals surface area (Å²) in [6.07, 6.45) is 4.36. The summed E-state index contributed by atoms with van der Waals surface area (Å²) in [6.45, 7) is 16.2. The lowest BCUT2D eigenvalue weighted by Gasteiger charge is -2.19. The number of aromatic nitrogens is 3. The van der Waals surface area contributed by atoms with Gasteiger partial charge in [-0.1, -0.05) is 62.3 Å². The molecule has 0 radical (unpaired) electrons. The van der Waals surface area contributed by atoms with E-state index in [1.165, 1.54) is 35.3 Å². The average Bonchev–Trinajstić information content (AvgIpc) is 3.08. The molecule has 0 aliphatic heterocycles. The monoisotopic (exact) mass is 735 g/mol. The van der Waals surface area contributed by atoms with Gasteiger partial charge in [0.1, 0.15) is 35.6 Å². The van der Waals surface area contributed by atoms with E-state index in [9.17, 15) is 28.8 Å². The molecule has 0 saturated carbocycles. The minimum atomic E-state index is -0.914. The first kappa shape index (κ1) is 43.9. The zero-order valence-electron chi connectivity index (χ0n) is 30.2. The molecule has 1 heterocycles. The number of carbonyl (C=O) groups is 3. The minimum Gasteiger partial charge on any atom is -0.463 e. The Bertz CT molecular complexity index is 1140. The minimum absolute atomic E-state index is 0.256. The number of nitrogens with zero attached hydrogens (tertiary/aromatic N) is 3. The highest BCUT2D eigenvalue weighted by Crippen LogP contribution is 2.25. The highest BCUT2D eigenvalue weighted by Gasteiger charge is 2.24. The van der Waals surface area contributed by atoms with Crippen molar-refractivity contribution in [1.82, 2.24) is 13.7 Å². The fourth-order valence-corrected chi connectivity index (χ4v) is 7.71. The maximum atomic E-state index is 13.4. The van der Waals surface area contributed by atoms with E-state index >= 15 is 0 Å². The Morgan fingerprint density at radius 1 is 0.479 bits per heavy atom. The summed E-state index contributed by atoms with van der Waals surface area (Å²) >= 11 is 4.53. The Hall–Kier alpha value is -2.13. The quantitative estimate of drug-likeness (QED) is 0.107. The van der Waals surface area contributed by atoms with Crippen molar-refractivity contribution < 1.29 is 28.6 Å². The van der Waals surface area contributed by atoms with E-state index in [1.807, 2.05) is 62.3 Å². The van der Waals surface area contributed by atoms with Gasteiger partial charge in [0.05, 0.1) is 19.6 Å². The molecule has 0 aliphatic carbocycles. The fraction of sp³-hybridized carbons (Fsp3) is 0.818. The zero-order chi connectivity index (χ0) is 36.4. The first-order valence-corrected chi connectivity index (χ1v) is 20.0. The Morgan fingerprint density at radius 2 is 0.708 bits per heavy atom. The summed E-state index contributed by atoms with van der Waals surface area (Å²) < 4.78 is 18.8. The zero-order valence-corrected chi connectivity index (χ0v) is 32.6. The summed E-state index contributed by atoms with van der Waals surface area (Å²) in [7, 11) is 0. The van der Waals surface area contributed by atoms with E-state index in [2.05, 4.69) is 0 Å². The molecule has 6 unspecified atom stereocenters. The van der Waals surface area contributed by atoms with Crippen LogP contribution in [0.2, 0.25) is 0 Å². The van der Waals surface area contributed by atoms with Crippen molar-refractivity contribution in [1.29, 1.82) is 0 Å². The van der Waals surface area contributed by atoms with Crippen molar-refractivity contribution in [2.75, 3.05) is 19.8 Å². The van der Waals surface area contributed by atoms with E-state index < -0.39 is 35.0 Å². The van der Waals surface area contributed by atoms with Gasteiger partial charge in [-0.3, -0.25) is 14.4 Å². The van der Waals surface area contributed by atoms with Crippen molar-refractivity contribution in [3.63, 3.8) is 0 Å². The van der Waals surface area contributed by atoms with Gasteiger partial charge >= 0.3 is 35.0 Å². The van der Waals surface area contributed by atoms with Crippen LogP contribution in [0.5, 0.6) is 0 Å². The van der Waals surface area contributed by atoms with Crippen molar-refractivity contribution >= 4 is 53.2 Å². The number of thioether (sulfide) groups is 3. The molecule has 0 aromatic carbocycles. The second-order valence-corrected chi connectivity index (χ2v) is 16.5. The maximum absolute atomic E-state index is 13.4. The molecule has 0 aliphatic rings. The molecule has 0 saturated heterocycles. The van der Waals surface area contributed by atoms with Crippen LogP contribution in [0.1, 0.15) is 101 Å². The summed E-state index contributed by atoms with van der Waals surface area (Å²) in [4.78, 5) is 78.6. The number of ether oxygens (including phenoxy) is 3. The molecule has 0 fully saturated rings. The van der Waals surface area contributed by atoms with Crippen LogP contribution in [0, 0.1) is 0 Å². The average molecular weight is 736 g/mol. The van der Waals surface area contributed by atoms with Crippen LogP contribution in [0.4, 0.5) is 0 Å². The molecular weight excluding hydrogens is 679 g/mol. The summed E-state index contributed by atoms with van der Waals surface area (Å²) in [5.74, 6) is -1.32. The number of rotatable bonds is 24. The Kier molecular flexibility index (Phi) is 21.3. The standard InChI is InChI=1S/C33H57N3O9S3/c1-10-22(7)46-25(13-4)28(37)43-19-16-34-31(40)35(17-20-44-29(38)26(14-5)47-23(8)11-2)33(42)36(32(34)41)18-21-45-30(39)27(15-6)48-24(9)12-3/h22-27H,10-21H2,1-9H3. The molecule has 0 bridgehead atoms. The highest BCUT2D eigenvalue weighted by atomic mass is 32.2. The van der Waals surface area contributed by atoms with E-state index in [0.29, 0.717) is 19.3 Å². The van der Waals surface area contributed by atoms with E-state index in [1.54, 1.807) is 0 Å². The molecule has 6 atom stereocenters. The fourth-order valence-electron chi connectivity index (χ4n) is 4.33. The molecule has 15 heteroatoms. The molecule has 1 aromatic heterocycles. The third kappa shape index (κ3) is 14.0. The Balaban J connectivity index is 3.26. The van der Waals surface area contributed by atoms with Crippen LogP contribution < -0.4 is 17.1 Å². The van der Waals surface area contributed by atoms with Crippen molar-refractivity contribution in [3.05, 3.63) is 31.5 Å². The van der Waals surface area contributed by atoms with Gasteiger partial charge in [0.25, 0.3) is 0 Å². The number of hydrogen-bond acceptors (Lipinski definition) is 12. The van der Waals surface area contributed by atoms with Gasteiger partial charge < -0.3 is 14.2 Å². The lowest BCUT2D eigenvalue weighted by atomic mass is 10.3. The third-order valence-electron chi connectivity index (χ3n) is 7.88. The maximum Gasteiger partial charge on any atom is 0.336 e. The van der Waals surface area contributed by atoms with Crippen LogP contribution in [0.25, 0.3) is 0 Å². The molecule has 48 heavy (non-hydrogen) atoms. The summed E-state index contributed by atoms with van der Waals surface area (Å²) in [5, 5.41) is -0.391. The first-order chi connectivity index (χ1) is 22.8. The largest absolute Gasteiger partial charge is 0.463 e. The van der Waals surface area contributed by atoms with E-state index in [-0.39, 0.29) is 71.0 Å². The van der Waals surface area contributed by atoms with Crippen LogP contribution in [0.3, 0.4) is 0 Å². The molecule has 0 amide bonds. The molecule has 0 spiro atoms. The summed E-state index contributed by atoms with van der Waals surface area (Å²) in [5.41, 5.74) is -2.74. The van der Waals surface area contributed by atoms with Gasteiger partial charge in [-0.05, 0) is 38.5 Å². The van der Waals surface area contributed by atoms with Gasteiger partial charge in [0, 0.05) is 15.7 Å². The third-order valence-corrected chi connectivity index (χ3v) is 12.8. The molecular formula is C33H57N3O9S3. The van der Waals surface area contributed by atoms with Crippen LogP contribution in [-0.4, -0.2) is 82.9 Å². The predicted molar refractivity (Wildman–Crippen MR) is 196 cm³/mol. The normalized spacial score (nSPS) is 15.2. The second-order valence-electron chi connectivity index (χ2n) is 11.6. The molecule has 1 rings (SSSR count). The highest BCUT2D eigenvalue weighted by molar-refractivity contribution is 8.01. The second kappa shape index (κ2) is 23.3. The number of esters is 3. The Labute approximate surface area is 297 Å². The summed E-state index contributed by atoms with van der Waals surface area (Å²) in [6, 6.07) is 0. The van der Waals surface area contributed by atoms with Crippen molar-refractivity contribution in [3.8, 4) is 0 Å². The lowest BCUT2D eigenvalue weighted by Crippen LogP contribution is -2.55. The smallest absolute Gasteiger partial charge is 0.336 e. The van der Waals surface area contributed by atoms with Crippen LogP contribution in [-0.2, 0) is 48.2 Å². The molecule has 276 valence electrons. The van der Waals surface area contributed by atoms with Crippen LogP contribution >= 0.6 is 35.3 Å². The van der Waals surface area contributed by atoms with Gasteiger partial charge in [-0.2, -0.15) is 0 Å². The van der Waals surface area contributed by atoms with E-state index in [0.717, 1.165) is 33.0 Å². The van der Waals surface area contributed by atoms with Gasteiger partial charge in [0.15, 0.2) is 0 Å². The predicted octanol–water partition coefficient (Wildman–Crippen LogP) is 4.73. The van der Waals surface area contributed by atoms with Crippen molar-refractivity contribution in [2.45, 2.75) is 152 Å². The van der Waals surface area contributed by atoms with Crippen LogP contribution in [0.15, 0.2) is 14.4 Å². The Morgan fingerprint density at radius 3 is 0.896 bits per heavy atom. The molecule has 12 nitrogen and oxygen atoms in total. The topological polar surface area (TPSA) is 145 Å². The number of carbonyl (C=O) groups excluding carboxylic acids is 3. The van der Waals surface area contributed by atoms with Crippen molar-refractivity contribution in [2.24, 2.45) is 0 Å². The first-order valence-electron chi connectivity index (χ1n) is 17.2. The SMILES string of the molecule is CCC(C)SC(CC)C(=O)OCCn1c(=O)n(CCOC(=O)C(CC)SC(C)CC)c(=O)n(CCOC(=O)C(CC)SC(C)CC)c1=O. The lowest BCUT2D eigenvalue weighted by molar-refractivity contribution is -0.144. The van der Waals surface area contributed by atoms with Gasteiger partial charge in [-0.25, -0.2) is 28.1 Å².